The molecule has 2 aromatic carbocycles. The van der Waals surface area contributed by atoms with Gasteiger partial charge in [-0.1, -0.05) is 71.9 Å². The Balaban J connectivity index is 1.32. The highest BCUT2D eigenvalue weighted by atomic mass is 32.2. The summed E-state index contributed by atoms with van der Waals surface area (Å²) in [5.41, 5.74) is 8.20. The number of β-lactam (4-membered cyclic amide) rings is 1. The Morgan fingerprint density at radius 3 is 2.30 bits per heavy atom. The van der Waals surface area contributed by atoms with Gasteiger partial charge >= 0.3 is 5.97 Å². The summed E-state index contributed by atoms with van der Waals surface area (Å²) >= 11 is 7.32. The molecule has 3 heterocycles. The van der Waals surface area contributed by atoms with Crippen molar-refractivity contribution in [1.29, 1.82) is 0 Å². The Kier molecular flexibility index (Phi) is 10.3. The fraction of sp³-hybridized carbons (Fsp3) is 0.294. The Bertz CT molecular complexity index is 1690. The zero-order valence-corrected chi connectivity index (χ0v) is 28.0. The number of pyridine rings is 1. The summed E-state index contributed by atoms with van der Waals surface area (Å²) in [6, 6.07) is 23.2. The molecule has 244 valence electrons. The molecule has 3 aromatic rings. The van der Waals surface area contributed by atoms with Crippen molar-refractivity contribution in [3.8, 4) is 0 Å². The summed E-state index contributed by atoms with van der Waals surface area (Å²) in [6.07, 6.45) is -0.490. The molecule has 1 unspecified atom stereocenters. The van der Waals surface area contributed by atoms with Gasteiger partial charge in [-0.25, -0.2) is 9.78 Å². The lowest BCUT2D eigenvalue weighted by atomic mass is 10.0. The fourth-order valence-corrected chi connectivity index (χ4v) is 6.69. The van der Waals surface area contributed by atoms with Gasteiger partial charge < -0.3 is 25.4 Å². The number of fused-ring (bicyclic) bond motifs is 1. The zero-order valence-electron chi connectivity index (χ0n) is 26.3. The molecule has 11 nitrogen and oxygen atoms in total. The number of oxime groups is 1. The summed E-state index contributed by atoms with van der Waals surface area (Å²) in [5.74, 6) is -1.05. The smallest absolute Gasteiger partial charge is 0.347 e. The van der Waals surface area contributed by atoms with Crippen LogP contribution >= 0.6 is 24.0 Å². The van der Waals surface area contributed by atoms with E-state index in [0.717, 1.165) is 16.7 Å². The first-order chi connectivity index (χ1) is 22.4. The lowest BCUT2D eigenvalue weighted by Crippen LogP contribution is -2.71. The third-order valence-corrected chi connectivity index (χ3v) is 8.77. The van der Waals surface area contributed by atoms with Crippen LogP contribution in [0.1, 0.15) is 50.6 Å². The van der Waals surface area contributed by atoms with Gasteiger partial charge in [-0.05, 0) is 68.7 Å². The van der Waals surface area contributed by atoms with Gasteiger partial charge in [0.15, 0.2) is 5.71 Å². The second-order valence-electron chi connectivity index (χ2n) is 11.8. The molecular formula is C34H35N5O6S2. The average molecular weight is 674 g/mol. The second kappa shape index (κ2) is 14.3. The number of nitrogens with one attached hydrogen (secondary N) is 1. The van der Waals surface area contributed by atoms with Crippen LogP contribution in [0.4, 0.5) is 5.82 Å². The number of hydrogen-bond acceptors (Lipinski definition) is 11. The highest BCUT2D eigenvalue weighted by molar-refractivity contribution is 8.00. The minimum atomic E-state index is -0.894. The van der Waals surface area contributed by atoms with E-state index in [1.54, 1.807) is 37.8 Å². The third-order valence-electron chi connectivity index (χ3n) is 7.05. The van der Waals surface area contributed by atoms with Gasteiger partial charge in [-0.3, -0.25) is 14.5 Å². The maximum absolute atomic E-state index is 13.6. The molecule has 1 fully saturated rings. The molecule has 0 spiro atoms. The molecule has 0 saturated carbocycles. The first-order valence-electron chi connectivity index (χ1n) is 14.8. The van der Waals surface area contributed by atoms with E-state index in [1.807, 2.05) is 67.6 Å². The maximum atomic E-state index is 13.6. The highest BCUT2D eigenvalue weighted by Crippen LogP contribution is 2.41. The SMILES string of the molecule is CC1=C(C(=S)OC(c2ccccc2)c2ccccc2)N2C(=O)C(NC(=O)C(=NOCC(=O)OC(C)(C)C)c3cccc(N)n3)[C@H]2SC1. The van der Waals surface area contributed by atoms with E-state index in [2.05, 4.69) is 15.5 Å². The molecule has 2 atom stereocenters. The molecule has 47 heavy (non-hydrogen) atoms. The van der Waals surface area contributed by atoms with E-state index in [9.17, 15) is 14.4 Å². The highest BCUT2D eigenvalue weighted by Gasteiger charge is 2.53. The Labute approximate surface area is 282 Å². The summed E-state index contributed by atoms with van der Waals surface area (Å²) < 4.78 is 11.7. The van der Waals surface area contributed by atoms with E-state index >= 15 is 0 Å². The Morgan fingerprint density at radius 1 is 1.06 bits per heavy atom. The zero-order chi connectivity index (χ0) is 33.7. The number of esters is 1. The van der Waals surface area contributed by atoms with Crippen LogP contribution < -0.4 is 11.1 Å². The minimum Gasteiger partial charge on any atom is -0.469 e. The number of carbonyl (C=O) groups excluding carboxylic acids is 3. The second-order valence-corrected chi connectivity index (χ2v) is 13.3. The van der Waals surface area contributed by atoms with Crippen molar-refractivity contribution in [1.82, 2.24) is 15.2 Å². The van der Waals surface area contributed by atoms with Gasteiger partial charge in [0, 0.05) is 5.75 Å². The minimum absolute atomic E-state index is 0.102. The number of amides is 2. The van der Waals surface area contributed by atoms with Gasteiger partial charge in [0.05, 0.1) is 5.70 Å². The van der Waals surface area contributed by atoms with E-state index in [4.69, 9.17) is 32.3 Å². The quantitative estimate of drug-likeness (QED) is 0.104. The molecular weight excluding hydrogens is 639 g/mol. The lowest BCUT2D eigenvalue weighted by molar-refractivity contribution is -0.160. The van der Waals surface area contributed by atoms with Crippen LogP contribution in [0.3, 0.4) is 0 Å². The molecule has 2 aliphatic heterocycles. The van der Waals surface area contributed by atoms with Crippen LogP contribution in [0.2, 0.25) is 0 Å². The maximum Gasteiger partial charge on any atom is 0.347 e. The van der Waals surface area contributed by atoms with Crippen molar-refractivity contribution in [3.63, 3.8) is 0 Å². The van der Waals surface area contributed by atoms with Gasteiger partial charge in [0.1, 0.15) is 34.6 Å². The predicted octanol–water partition coefficient (Wildman–Crippen LogP) is 4.53. The normalized spacial score (nSPS) is 17.9. The number of rotatable bonds is 10. The number of aromatic nitrogens is 1. The van der Waals surface area contributed by atoms with Crippen LogP contribution in [0.5, 0.6) is 0 Å². The molecule has 5 rings (SSSR count). The standard InChI is InChI=1S/C34H35N5O6S2/c1-20-19-47-32-27(37-30(41)26(23-16-11-17-24(35)36-23)38-43-18-25(40)45-34(2,3)4)31(42)39(32)28(20)33(46)44-29(21-12-7-5-8-13-21)22-14-9-6-10-15-22/h5-17,27,29,32H,18-19H2,1-4H3,(H2,35,36)(H,37,41)/t27?,32-/m1/s1. The fourth-order valence-electron chi connectivity index (χ4n) is 5.03. The van der Waals surface area contributed by atoms with Crippen molar-refractivity contribution >= 4 is 58.3 Å². The number of anilines is 1. The lowest BCUT2D eigenvalue weighted by Gasteiger charge is -2.50. The summed E-state index contributed by atoms with van der Waals surface area (Å²) in [6.45, 7) is 6.53. The number of thioether (sulfide) groups is 1. The van der Waals surface area contributed by atoms with Crippen LogP contribution in [0, 0.1) is 0 Å². The van der Waals surface area contributed by atoms with Gasteiger partial charge in [-0.15, -0.1) is 11.8 Å². The van der Waals surface area contributed by atoms with Gasteiger partial charge in [0.2, 0.25) is 11.7 Å². The summed E-state index contributed by atoms with van der Waals surface area (Å²) in [4.78, 5) is 50.3. The number of benzene rings is 2. The number of ether oxygens (including phenoxy) is 2. The molecule has 0 radical (unpaired) electrons. The first-order valence-corrected chi connectivity index (χ1v) is 16.3. The van der Waals surface area contributed by atoms with E-state index in [0.29, 0.717) is 11.4 Å². The van der Waals surface area contributed by atoms with Crippen LogP contribution in [-0.4, -0.2) is 67.8 Å². The number of nitrogens with two attached hydrogens (primary N) is 1. The van der Waals surface area contributed by atoms with Crippen LogP contribution in [-0.2, 0) is 28.7 Å². The average Bonchev–Trinajstić information content (AvgIpc) is 3.04. The number of carbonyl (C=O) groups is 3. The molecule has 1 saturated heterocycles. The third kappa shape index (κ3) is 7.98. The van der Waals surface area contributed by atoms with E-state index in [-0.39, 0.29) is 28.2 Å². The monoisotopic (exact) mass is 673 g/mol. The number of nitrogen functional groups attached to an aromatic ring is 1. The Hall–Kier alpha value is -4.75. The molecule has 2 aliphatic rings. The van der Waals surface area contributed by atoms with E-state index in [1.165, 1.54) is 17.8 Å². The molecule has 0 bridgehead atoms. The number of nitrogens with zero attached hydrogens (tertiary/aromatic N) is 3. The number of thiocarbonyl (C=S) groups is 1. The predicted molar refractivity (Wildman–Crippen MR) is 183 cm³/mol. The molecule has 2 amide bonds. The summed E-state index contributed by atoms with van der Waals surface area (Å²) in [5, 5.41) is 6.39. The van der Waals surface area contributed by atoms with Crippen molar-refractivity contribution in [2.45, 2.75) is 50.8 Å². The summed E-state index contributed by atoms with van der Waals surface area (Å²) in [7, 11) is 0. The van der Waals surface area contributed by atoms with Gasteiger partial charge in [0.25, 0.3) is 11.8 Å². The first kappa shape index (κ1) is 33.6. The molecule has 3 N–H and O–H groups in total. The Morgan fingerprint density at radius 2 is 1.70 bits per heavy atom. The van der Waals surface area contributed by atoms with Crippen LogP contribution in [0.15, 0.2) is 95.3 Å². The van der Waals surface area contributed by atoms with Crippen molar-refractivity contribution in [3.05, 3.63) is 107 Å². The van der Waals surface area contributed by atoms with Crippen molar-refractivity contribution < 1.29 is 28.7 Å². The van der Waals surface area contributed by atoms with Crippen LogP contribution in [0.25, 0.3) is 0 Å². The van der Waals surface area contributed by atoms with Gasteiger partial charge in [-0.2, -0.15) is 0 Å². The molecule has 1 aromatic heterocycles. The van der Waals surface area contributed by atoms with Crippen molar-refractivity contribution in [2.24, 2.45) is 5.16 Å². The molecule has 0 aliphatic carbocycles. The van der Waals surface area contributed by atoms with Crippen molar-refractivity contribution in [2.75, 3.05) is 18.1 Å². The topological polar surface area (TPSA) is 145 Å². The van der Waals surface area contributed by atoms with E-state index < -0.39 is 41.6 Å². The number of hydrogen-bond donors (Lipinski definition) is 2. The largest absolute Gasteiger partial charge is 0.469 e. The molecule has 13 heteroatoms.